The smallest absolute Gasteiger partial charge is 0.221 e. The molecule has 0 aliphatic carbocycles. The lowest BCUT2D eigenvalue weighted by molar-refractivity contribution is 0.135. The Hall–Kier alpha value is -2.01. The van der Waals surface area contributed by atoms with Gasteiger partial charge in [0.25, 0.3) is 0 Å². The summed E-state index contributed by atoms with van der Waals surface area (Å²) in [7, 11) is -6.82. The van der Waals surface area contributed by atoms with Gasteiger partial charge >= 0.3 is 0 Å². The zero-order valence-corrected chi connectivity index (χ0v) is 20.2. The molecule has 2 aliphatic rings. The molecular formula is C23H29FN2O5S2. The predicted molar refractivity (Wildman–Crippen MR) is 124 cm³/mol. The van der Waals surface area contributed by atoms with Crippen LogP contribution in [0.5, 0.6) is 5.75 Å². The first-order valence-electron chi connectivity index (χ1n) is 11.1. The van der Waals surface area contributed by atoms with Crippen molar-refractivity contribution >= 4 is 20.0 Å². The Morgan fingerprint density at radius 1 is 1.03 bits per heavy atom. The summed E-state index contributed by atoms with van der Waals surface area (Å²) in [5.41, 5.74) is 1.06. The highest BCUT2D eigenvalue weighted by Crippen LogP contribution is 2.35. The Morgan fingerprint density at radius 3 is 2.36 bits per heavy atom. The van der Waals surface area contributed by atoms with Crippen LogP contribution in [0, 0.1) is 5.82 Å². The molecule has 1 atom stereocenters. The van der Waals surface area contributed by atoms with Crippen molar-refractivity contribution in [2.45, 2.75) is 43.6 Å². The largest absolute Gasteiger partial charge is 0.490 e. The maximum absolute atomic E-state index is 14.9. The average Bonchev–Trinajstić information content (AvgIpc) is 2.77. The molecule has 7 nitrogen and oxygen atoms in total. The van der Waals surface area contributed by atoms with Gasteiger partial charge in [0.15, 0.2) is 0 Å². The van der Waals surface area contributed by atoms with Crippen molar-refractivity contribution in [3.05, 3.63) is 65.5 Å². The summed E-state index contributed by atoms with van der Waals surface area (Å²) in [4.78, 5) is 0. The lowest BCUT2D eigenvalue weighted by Gasteiger charge is -2.33. The van der Waals surface area contributed by atoms with Gasteiger partial charge in [-0.3, -0.25) is 0 Å². The normalized spacial score (nSPS) is 22.8. The number of sulfonamides is 2. The summed E-state index contributed by atoms with van der Waals surface area (Å²) in [5, 5.41) is -0.615. The van der Waals surface area contributed by atoms with Gasteiger partial charge in [-0.1, -0.05) is 36.4 Å². The standard InChI is InChI=1S/C23H29FN2O5S2/c1-32(27,28)25-14-11-20(12-15-25)31-21-10-9-19(22(24)16-21)17-26-13-5-8-23(33(26,29)30)18-6-3-2-4-7-18/h2-4,6-7,9-10,16,20,23H,5,8,11-15,17H2,1H3/t23-/m0/s1. The highest BCUT2D eigenvalue weighted by Gasteiger charge is 2.37. The highest BCUT2D eigenvalue weighted by atomic mass is 32.2. The third kappa shape index (κ3) is 5.56. The first-order chi connectivity index (χ1) is 15.6. The van der Waals surface area contributed by atoms with E-state index in [4.69, 9.17) is 4.74 Å². The van der Waals surface area contributed by atoms with Gasteiger partial charge in [-0.15, -0.1) is 0 Å². The van der Waals surface area contributed by atoms with Gasteiger partial charge in [0.2, 0.25) is 20.0 Å². The van der Waals surface area contributed by atoms with E-state index in [1.807, 2.05) is 30.3 Å². The van der Waals surface area contributed by atoms with Gasteiger partial charge < -0.3 is 4.74 Å². The molecule has 0 saturated carbocycles. The minimum absolute atomic E-state index is 0.0233. The zero-order valence-electron chi connectivity index (χ0n) is 18.6. The number of ether oxygens (including phenoxy) is 1. The molecule has 180 valence electrons. The molecule has 2 aliphatic heterocycles. The summed E-state index contributed by atoms with van der Waals surface area (Å²) >= 11 is 0. The van der Waals surface area contributed by atoms with Crippen LogP contribution in [0.2, 0.25) is 0 Å². The quantitative estimate of drug-likeness (QED) is 0.613. The Morgan fingerprint density at radius 2 is 1.73 bits per heavy atom. The summed E-state index contributed by atoms with van der Waals surface area (Å²) in [6, 6.07) is 13.6. The van der Waals surface area contributed by atoms with Crippen molar-refractivity contribution in [1.29, 1.82) is 0 Å². The molecule has 33 heavy (non-hydrogen) atoms. The zero-order chi connectivity index (χ0) is 23.6. The molecule has 0 spiro atoms. The van der Waals surface area contributed by atoms with E-state index >= 15 is 0 Å². The van der Waals surface area contributed by atoms with Gasteiger partial charge in [0.1, 0.15) is 22.9 Å². The minimum Gasteiger partial charge on any atom is -0.490 e. The van der Waals surface area contributed by atoms with Crippen LogP contribution in [0.25, 0.3) is 0 Å². The number of halogens is 1. The summed E-state index contributed by atoms with van der Waals surface area (Å²) in [6.07, 6.45) is 3.33. The Balaban J connectivity index is 1.41. The molecule has 0 amide bonds. The third-order valence-electron chi connectivity index (χ3n) is 6.31. The summed E-state index contributed by atoms with van der Waals surface area (Å²) < 4.78 is 73.1. The SMILES string of the molecule is CS(=O)(=O)N1CCC(Oc2ccc(CN3CCC[C@@H](c4ccccc4)S3(=O)=O)c(F)c2)CC1. The van der Waals surface area contributed by atoms with Gasteiger partial charge in [-0.2, -0.15) is 4.31 Å². The summed E-state index contributed by atoms with van der Waals surface area (Å²) in [5.74, 6) is -0.157. The van der Waals surface area contributed by atoms with E-state index in [1.165, 1.54) is 20.9 Å². The molecule has 0 bridgehead atoms. The lowest BCUT2D eigenvalue weighted by Crippen LogP contribution is -2.41. The fraction of sp³-hybridized carbons (Fsp3) is 0.478. The third-order valence-corrected chi connectivity index (χ3v) is 9.87. The van der Waals surface area contributed by atoms with E-state index in [0.717, 1.165) is 5.56 Å². The van der Waals surface area contributed by atoms with Crippen molar-refractivity contribution in [1.82, 2.24) is 8.61 Å². The molecular weight excluding hydrogens is 467 g/mol. The van der Waals surface area contributed by atoms with Crippen LogP contribution in [-0.2, 0) is 26.6 Å². The van der Waals surface area contributed by atoms with E-state index in [9.17, 15) is 21.2 Å². The molecule has 0 radical (unpaired) electrons. The second-order valence-electron chi connectivity index (χ2n) is 8.65. The number of hydrogen-bond donors (Lipinski definition) is 0. The predicted octanol–water partition coefficient (Wildman–Crippen LogP) is 3.30. The molecule has 2 aromatic rings. The topological polar surface area (TPSA) is 84.0 Å². The molecule has 2 saturated heterocycles. The number of nitrogens with zero attached hydrogens (tertiary/aromatic N) is 2. The van der Waals surface area contributed by atoms with Crippen LogP contribution >= 0.6 is 0 Å². The average molecular weight is 497 g/mol. The number of benzene rings is 2. The minimum atomic E-state index is -3.60. The molecule has 4 rings (SSSR count). The van der Waals surface area contributed by atoms with E-state index < -0.39 is 31.1 Å². The lowest BCUT2D eigenvalue weighted by atomic mass is 10.1. The first kappa shape index (κ1) is 24.1. The number of piperidine rings is 1. The highest BCUT2D eigenvalue weighted by molar-refractivity contribution is 7.89. The monoisotopic (exact) mass is 496 g/mol. The van der Waals surface area contributed by atoms with Crippen LogP contribution in [0.1, 0.15) is 42.1 Å². The van der Waals surface area contributed by atoms with E-state index in [-0.39, 0.29) is 12.6 Å². The molecule has 0 N–H and O–H groups in total. The first-order valence-corrected chi connectivity index (χ1v) is 14.4. The van der Waals surface area contributed by atoms with Crippen molar-refractivity contribution in [3.8, 4) is 5.75 Å². The second kappa shape index (κ2) is 9.69. The van der Waals surface area contributed by atoms with E-state index in [2.05, 4.69) is 0 Å². The van der Waals surface area contributed by atoms with Gasteiger partial charge in [0, 0.05) is 37.8 Å². The van der Waals surface area contributed by atoms with Gasteiger partial charge in [0.05, 0.1) is 6.26 Å². The van der Waals surface area contributed by atoms with Gasteiger partial charge in [-0.25, -0.2) is 25.5 Å². The summed E-state index contributed by atoms with van der Waals surface area (Å²) in [6.45, 7) is 1.09. The molecule has 10 heteroatoms. The fourth-order valence-corrected chi connectivity index (χ4v) is 7.38. The van der Waals surface area contributed by atoms with Crippen LogP contribution in [0.3, 0.4) is 0 Å². The van der Waals surface area contributed by atoms with Crippen LogP contribution < -0.4 is 4.74 Å². The maximum atomic E-state index is 14.9. The van der Waals surface area contributed by atoms with Crippen molar-refractivity contribution < 1.29 is 26.0 Å². The molecule has 2 fully saturated rings. The van der Waals surface area contributed by atoms with Crippen LogP contribution in [0.15, 0.2) is 48.5 Å². The Kier molecular flexibility index (Phi) is 7.09. The molecule has 2 aromatic carbocycles. The number of hydrogen-bond acceptors (Lipinski definition) is 5. The Bertz CT molecular complexity index is 1180. The molecule has 0 aromatic heterocycles. The van der Waals surface area contributed by atoms with Crippen molar-refractivity contribution in [3.63, 3.8) is 0 Å². The van der Waals surface area contributed by atoms with E-state index in [0.29, 0.717) is 56.6 Å². The number of rotatable bonds is 6. The second-order valence-corrected chi connectivity index (χ2v) is 12.8. The van der Waals surface area contributed by atoms with Gasteiger partial charge in [-0.05, 0) is 37.3 Å². The molecule has 0 unspecified atom stereocenters. The van der Waals surface area contributed by atoms with Crippen molar-refractivity contribution in [2.75, 3.05) is 25.9 Å². The Labute approximate surface area is 195 Å². The van der Waals surface area contributed by atoms with Crippen LogP contribution in [-0.4, -0.2) is 57.4 Å². The maximum Gasteiger partial charge on any atom is 0.221 e. The molecule has 2 heterocycles. The van der Waals surface area contributed by atoms with Crippen molar-refractivity contribution in [2.24, 2.45) is 0 Å². The van der Waals surface area contributed by atoms with Crippen LogP contribution in [0.4, 0.5) is 4.39 Å². The fourth-order valence-electron chi connectivity index (χ4n) is 4.48. The van der Waals surface area contributed by atoms with E-state index in [1.54, 1.807) is 12.1 Å².